The van der Waals surface area contributed by atoms with Gasteiger partial charge in [0.05, 0.1) is 20.4 Å². The molecule has 0 unspecified atom stereocenters. The molecule has 7 nitrogen and oxygen atoms in total. The Morgan fingerprint density at radius 3 is 2.36 bits per heavy atom. The minimum Gasteiger partial charge on any atom is -0.497 e. The maximum atomic E-state index is 12.1. The number of ether oxygens (including phenoxy) is 2. The lowest BCUT2D eigenvalue weighted by Crippen LogP contribution is -2.17. The van der Waals surface area contributed by atoms with Crippen LogP contribution in [-0.4, -0.2) is 32.2 Å². The lowest BCUT2D eigenvalue weighted by Gasteiger charge is -2.07. The van der Waals surface area contributed by atoms with Crippen LogP contribution in [0.3, 0.4) is 0 Å². The molecule has 130 valence electrons. The summed E-state index contributed by atoms with van der Waals surface area (Å²) in [6, 6.07) is 11.8. The SMILES string of the molecule is COc1ccc(/C=N\NC(=O)c2ccc(NC(C)=O)cc2)c(OC)c1. The van der Waals surface area contributed by atoms with Gasteiger partial charge >= 0.3 is 0 Å². The van der Waals surface area contributed by atoms with Gasteiger partial charge in [-0.25, -0.2) is 5.43 Å². The van der Waals surface area contributed by atoms with E-state index in [0.717, 1.165) is 0 Å². The second-order valence-corrected chi connectivity index (χ2v) is 5.07. The molecule has 2 aromatic rings. The normalized spacial score (nSPS) is 10.4. The number of hydrazone groups is 1. The highest BCUT2D eigenvalue weighted by Crippen LogP contribution is 2.23. The van der Waals surface area contributed by atoms with Gasteiger partial charge in [0.2, 0.25) is 5.91 Å². The Hall–Kier alpha value is -3.35. The highest BCUT2D eigenvalue weighted by molar-refractivity contribution is 5.96. The Balaban J connectivity index is 2.01. The van der Waals surface area contributed by atoms with Gasteiger partial charge in [0.25, 0.3) is 5.91 Å². The lowest BCUT2D eigenvalue weighted by molar-refractivity contribution is -0.114. The Morgan fingerprint density at radius 1 is 1.04 bits per heavy atom. The Morgan fingerprint density at radius 2 is 1.76 bits per heavy atom. The highest BCUT2D eigenvalue weighted by Gasteiger charge is 2.06. The zero-order chi connectivity index (χ0) is 18.2. The van der Waals surface area contributed by atoms with Gasteiger partial charge in [0, 0.05) is 29.8 Å². The summed E-state index contributed by atoms with van der Waals surface area (Å²) < 4.78 is 10.4. The quantitative estimate of drug-likeness (QED) is 0.624. The first-order valence-corrected chi connectivity index (χ1v) is 7.46. The Bertz CT molecular complexity index is 785. The summed E-state index contributed by atoms with van der Waals surface area (Å²) >= 11 is 0. The van der Waals surface area contributed by atoms with Crippen LogP contribution in [0.15, 0.2) is 47.6 Å². The van der Waals surface area contributed by atoms with Crippen LogP contribution >= 0.6 is 0 Å². The molecular formula is C18H19N3O4. The van der Waals surface area contributed by atoms with E-state index in [1.54, 1.807) is 56.7 Å². The molecule has 0 aliphatic rings. The average Bonchev–Trinajstić information content (AvgIpc) is 2.61. The first-order chi connectivity index (χ1) is 12.0. The van der Waals surface area contributed by atoms with Crippen molar-refractivity contribution < 1.29 is 19.1 Å². The number of benzene rings is 2. The maximum Gasteiger partial charge on any atom is 0.271 e. The van der Waals surface area contributed by atoms with Crippen molar-refractivity contribution in [2.45, 2.75) is 6.92 Å². The molecule has 0 heterocycles. The summed E-state index contributed by atoms with van der Waals surface area (Å²) in [5.41, 5.74) is 4.19. The topological polar surface area (TPSA) is 89.0 Å². The minimum atomic E-state index is -0.363. The van der Waals surface area contributed by atoms with Crippen LogP contribution in [-0.2, 0) is 4.79 Å². The van der Waals surface area contributed by atoms with E-state index in [2.05, 4.69) is 15.8 Å². The number of rotatable bonds is 6. The number of hydrogen-bond donors (Lipinski definition) is 2. The summed E-state index contributed by atoms with van der Waals surface area (Å²) in [6.45, 7) is 1.42. The zero-order valence-corrected chi connectivity index (χ0v) is 14.2. The van der Waals surface area contributed by atoms with E-state index >= 15 is 0 Å². The molecule has 0 fully saturated rings. The molecule has 0 saturated carbocycles. The van der Waals surface area contributed by atoms with Crippen LogP contribution in [0.1, 0.15) is 22.8 Å². The van der Waals surface area contributed by atoms with Gasteiger partial charge in [-0.15, -0.1) is 0 Å². The molecule has 0 atom stereocenters. The van der Waals surface area contributed by atoms with Gasteiger partial charge in [-0.1, -0.05) is 0 Å². The van der Waals surface area contributed by atoms with Crippen molar-refractivity contribution in [3.05, 3.63) is 53.6 Å². The number of methoxy groups -OCH3 is 2. The second kappa shape index (κ2) is 8.49. The van der Waals surface area contributed by atoms with Gasteiger partial charge < -0.3 is 14.8 Å². The van der Waals surface area contributed by atoms with E-state index in [9.17, 15) is 9.59 Å². The van der Waals surface area contributed by atoms with Crippen LogP contribution in [0.2, 0.25) is 0 Å². The molecule has 0 aliphatic heterocycles. The molecule has 7 heteroatoms. The summed E-state index contributed by atoms with van der Waals surface area (Å²) in [4.78, 5) is 23.0. The summed E-state index contributed by atoms with van der Waals surface area (Å²) in [5, 5.41) is 6.57. The van der Waals surface area contributed by atoms with Gasteiger partial charge in [0.1, 0.15) is 11.5 Å². The molecule has 2 rings (SSSR count). The smallest absolute Gasteiger partial charge is 0.271 e. The number of amides is 2. The number of nitrogens with zero attached hydrogens (tertiary/aromatic N) is 1. The summed E-state index contributed by atoms with van der Waals surface area (Å²) in [7, 11) is 3.11. The molecule has 0 bridgehead atoms. The number of anilines is 1. The van der Waals surface area contributed by atoms with Crippen LogP contribution in [0, 0.1) is 0 Å². The molecule has 0 radical (unpaired) electrons. The molecule has 2 amide bonds. The average molecular weight is 341 g/mol. The highest BCUT2D eigenvalue weighted by atomic mass is 16.5. The van der Waals surface area contributed by atoms with Crippen molar-refractivity contribution in [2.24, 2.45) is 5.10 Å². The molecule has 0 aliphatic carbocycles. The van der Waals surface area contributed by atoms with E-state index in [-0.39, 0.29) is 11.8 Å². The van der Waals surface area contributed by atoms with Crippen molar-refractivity contribution in [1.82, 2.24) is 5.43 Å². The van der Waals surface area contributed by atoms with Crippen molar-refractivity contribution in [1.29, 1.82) is 0 Å². The Kier molecular flexibility index (Phi) is 6.11. The van der Waals surface area contributed by atoms with Crippen molar-refractivity contribution >= 4 is 23.7 Å². The lowest BCUT2D eigenvalue weighted by atomic mass is 10.2. The van der Waals surface area contributed by atoms with Crippen LogP contribution in [0.25, 0.3) is 0 Å². The summed E-state index contributed by atoms with van der Waals surface area (Å²) in [6.07, 6.45) is 1.49. The Labute approximate surface area is 145 Å². The fraction of sp³-hybridized carbons (Fsp3) is 0.167. The van der Waals surface area contributed by atoms with Crippen LogP contribution in [0.5, 0.6) is 11.5 Å². The molecule has 2 N–H and O–H groups in total. The summed E-state index contributed by atoms with van der Waals surface area (Å²) in [5.74, 6) is 0.711. The van der Waals surface area contributed by atoms with Crippen molar-refractivity contribution in [3.8, 4) is 11.5 Å². The number of hydrogen-bond acceptors (Lipinski definition) is 5. The fourth-order valence-corrected chi connectivity index (χ4v) is 2.06. The van der Waals surface area contributed by atoms with E-state index in [4.69, 9.17) is 9.47 Å². The number of nitrogens with one attached hydrogen (secondary N) is 2. The van der Waals surface area contributed by atoms with Gasteiger partial charge in [-0.3, -0.25) is 9.59 Å². The zero-order valence-electron chi connectivity index (χ0n) is 14.2. The van der Waals surface area contributed by atoms with Crippen LogP contribution < -0.4 is 20.2 Å². The molecule has 2 aromatic carbocycles. The largest absolute Gasteiger partial charge is 0.497 e. The minimum absolute atomic E-state index is 0.171. The van der Waals surface area contributed by atoms with Crippen molar-refractivity contribution in [2.75, 3.05) is 19.5 Å². The fourth-order valence-electron chi connectivity index (χ4n) is 2.06. The maximum absolute atomic E-state index is 12.1. The van der Waals surface area contributed by atoms with E-state index in [0.29, 0.717) is 28.3 Å². The van der Waals surface area contributed by atoms with Gasteiger partial charge in [-0.05, 0) is 36.4 Å². The molecule has 0 saturated heterocycles. The number of carbonyl (C=O) groups excluding carboxylic acids is 2. The third kappa shape index (κ3) is 5.07. The van der Waals surface area contributed by atoms with Gasteiger partial charge in [-0.2, -0.15) is 5.10 Å². The standard InChI is InChI=1S/C18H19N3O4/c1-12(22)20-15-7-4-13(5-8-15)18(23)21-19-11-14-6-9-16(24-2)10-17(14)25-3/h4-11H,1-3H3,(H,20,22)(H,21,23)/b19-11-. The first-order valence-electron chi connectivity index (χ1n) is 7.46. The molecular weight excluding hydrogens is 322 g/mol. The van der Waals surface area contributed by atoms with E-state index in [1.807, 2.05) is 0 Å². The van der Waals surface area contributed by atoms with E-state index < -0.39 is 0 Å². The monoisotopic (exact) mass is 341 g/mol. The van der Waals surface area contributed by atoms with Crippen molar-refractivity contribution in [3.63, 3.8) is 0 Å². The second-order valence-electron chi connectivity index (χ2n) is 5.07. The third-order valence-corrected chi connectivity index (χ3v) is 3.28. The van der Waals surface area contributed by atoms with Gasteiger partial charge in [0.15, 0.2) is 0 Å². The first kappa shape index (κ1) is 18.0. The van der Waals surface area contributed by atoms with E-state index in [1.165, 1.54) is 13.1 Å². The molecule has 25 heavy (non-hydrogen) atoms. The molecule has 0 aromatic heterocycles. The predicted molar refractivity (Wildman–Crippen MR) is 95.4 cm³/mol. The molecule has 0 spiro atoms. The predicted octanol–water partition coefficient (Wildman–Crippen LogP) is 2.43. The number of carbonyl (C=O) groups is 2. The van der Waals surface area contributed by atoms with Crippen LogP contribution in [0.4, 0.5) is 5.69 Å². The third-order valence-electron chi connectivity index (χ3n) is 3.28.